The van der Waals surface area contributed by atoms with Crippen molar-refractivity contribution in [2.45, 2.75) is 70.2 Å². The molecule has 2 aromatic rings. The largest absolute Gasteiger partial charge is 0.487 e. The molecule has 4 atom stereocenters. The Kier molecular flexibility index (Phi) is 5.58. The Labute approximate surface area is 177 Å². The van der Waals surface area contributed by atoms with Crippen molar-refractivity contribution in [1.82, 2.24) is 0 Å². The molecular formula is C25H29FO4. The minimum atomic E-state index is -0.957. The van der Waals surface area contributed by atoms with Crippen molar-refractivity contribution in [3.05, 3.63) is 65.0 Å². The lowest BCUT2D eigenvalue weighted by atomic mass is 9.69. The van der Waals surface area contributed by atoms with Crippen LogP contribution >= 0.6 is 0 Å². The van der Waals surface area contributed by atoms with Crippen molar-refractivity contribution in [2.24, 2.45) is 5.92 Å². The first-order chi connectivity index (χ1) is 14.3. The second-order valence-electron chi connectivity index (χ2n) is 9.00. The van der Waals surface area contributed by atoms with Crippen LogP contribution in [0.15, 0.2) is 42.5 Å². The molecule has 0 radical (unpaired) electrons. The van der Waals surface area contributed by atoms with E-state index >= 15 is 0 Å². The molecule has 5 heteroatoms. The van der Waals surface area contributed by atoms with E-state index in [0.717, 1.165) is 36.8 Å². The highest BCUT2D eigenvalue weighted by atomic mass is 19.1. The van der Waals surface area contributed by atoms with Crippen LogP contribution < -0.4 is 4.74 Å². The van der Waals surface area contributed by atoms with Crippen molar-refractivity contribution >= 4 is 5.97 Å². The van der Waals surface area contributed by atoms with Crippen LogP contribution in [0.2, 0.25) is 0 Å². The first-order valence-electron chi connectivity index (χ1n) is 10.8. The zero-order valence-electron chi connectivity index (χ0n) is 17.7. The Hall–Kier alpha value is -2.40. The molecule has 0 bridgehead atoms. The van der Waals surface area contributed by atoms with Crippen LogP contribution in [0.3, 0.4) is 0 Å². The van der Waals surface area contributed by atoms with Gasteiger partial charge in [-0.25, -0.2) is 9.18 Å². The highest BCUT2D eigenvalue weighted by molar-refractivity contribution is 5.88. The van der Waals surface area contributed by atoms with Gasteiger partial charge in [-0.1, -0.05) is 31.9 Å². The number of ether oxygens (including phenoxy) is 2. The maximum absolute atomic E-state index is 13.5. The van der Waals surface area contributed by atoms with E-state index in [0.29, 0.717) is 5.75 Å². The van der Waals surface area contributed by atoms with E-state index < -0.39 is 11.6 Å². The Morgan fingerprint density at radius 2 is 1.93 bits per heavy atom. The molecule has 2 aliphatic heterocycles. The van der Waals surface area contributed by atoms with Crippen molar-refractivity contribution in [1.29, 1.82) is 0 Å². The number of carbonyl (C=O) groups is 1. The Morgan fingerprint density at radius 3 is 2.60 bits per heavy atom. The average molecular weight is 413 g/mol. The number of benzene rings is 2. The lowest BCUT2D eigenvalue weighted by Crippen LogP contribution is -2.50. The molecule has 160 valence electrons. The van der Waals surface area contributed by atoms with Crippen LogP contribution in [0.5, 0.6) is 5.75 Å². The molecule has 4 rings (SSSR count). The van der Waals surface area contributed by atoms with Gasteiger partial charge in [0.25, 0.3) is 0 Å². The summed E-state index contributed by atoms with van der Waals surface area (Å²) < 4.78 is 26.5. The van der Waals surface area contributed by atoms with Gasteiger partial charge in [0.15, 0.2) is 0 Å². The van der Waals surface area contributed by atoms with Crippen molar-refractivity contribution in [3.63, 3.8) is 0 Å². The average Bonchev–Trinajstić information content (AvgIpc) is 2.71. The van der Waals surface area contributed by atoms with E-state index in [1.807, 2.05) is 12.1 Å². The van der Waals surface area contributed by atoms with Crippen LogP contribution in [0.4, 0.5) is 4.39 Å². The molecular weight excluding hydrogens is 383 g/mol. The second kappa shape index (κ2) is 8.03. The zero-order chi connectivity index (χ0) is 21.5. The van der Waals surface area contributed by atoms with E-state index in [4.69, 9.17) is 9.47 Å². The molecule has 30 heavy (non-hydrogen) atoms. The molecule has 0 aromatic heterocycles. The number of carboxylic acid groups (broad SMARTS) is 1. The van der Waals surface area contributed by atoms with E-state index in [2.05, 4.69) is 20.8 Å². The number of halogens is 1. The first kappa shape index (κ1) is 20.9. The molecule has 1 saturated heterocycles. The van der Waals surface area contributed by atoms with E-state index in [1.165, 1.54) is 12.1 Å². The molecule has 0 amide bonds. The molecule has 0 aliphatic carbocycles. The van der Waals surface area contributed by atoms with E-state index in [1.54, 1.807) is 18.2 Å². The zero-order valence-corrected chi connectivity index (χ0v) is 17.7. The highest BCUT2D eigenvalue weighted by Gasteiger charge is 2.50. The summed E-state index contributed by atoms with van der Waals surface area (Å²) in [5, 5.41) is 9.45. The third-order valence-corrected chi connectivity index (χ3v) is 6.61. The van der Waals surface area contributed by atoms with Gasteiger partial charge in [-0.3, -0.25) is 0 Å². The molecule has 2 heterocycles. The quantitative estimate of drug-likeness (QED) is 0.643. The van der Waals surface area contributed by atoms with Crippen LogP contribution in [-0.2, 0) is 4.74 Å². The molecule has 0 spiro atoms. The summed E-state index contributed by atoms with van der Waals surface area (Å²) in [7, 11) is 0. The molecule has 1 N–H and O–H groups in total. The molecule has 1 fully saturated rings. The molecule has 0 saturated carbocycles. The predicted molar refractivity (Wildman–Crippen MR) is 112 cm³/mol. The van der Waals surface area contributed by atoms with Crippen molar-refractivity contribution < 1.29 is 23.8 Å². The highest BCUT2D eigenvalue weighted by Crippen LogP contribution is 2.54. The van der Waals surface area contributed by atoms with Crippen molar-refractivity contribution in [2.75, 3.05) is 0 Å². The molecule has 2 aromatic carbocycles. The topological polar surface area (TPSA) is 55.8 Å². The summed E-state index contributed by atoms with van der Waals surface area (Å²) in [6.45, 7) is 6.29. The lowest BCUT2D eigenvalue weighted by Gasteiger charge is -2.51. The SMILES string of the molecule is CCCC[C@@H]1O[C@@H]2c3cc(C(=O)O)ccc3OC(C)(C)[C@H]2C[C@@H]1c1ccc(F)cc1. The molecule has 4 nitrogen and oxygen atoms in total. The number of fused-ring (bicyclic) bond motifs is 3. The van der Waals surface area contributed by atoms with Crippen LogP contribution in [-0.4, -0.2) is 22.8 Å². The van der Waals surface area contributed by atoms with Crippen LogP contribution in [0.25, 0.3) is 0 Å². The summed E-state index contributed by atoms with van der Waals surface area (Å²) in [4.78, 5) is 11.5. The fraction of sp³-hybridized carbons (Fsp3) is 0.480. The Balaban J connectivity index is 1.74. The van der Waals surface area contributed by atoms with Crippen LogP contribution in [0.1, 0.15) is 80.0 Å². The Bertz CT molecular complexity index is 921. The first-order valence-corrected chi connectivity index (χ1v) is 10.8. The number of aromatic carboxylic acids is 1. The van der Waals surface area contributed by atoms with Crippen LogP contribution in [0, 0.1) is 11.7 Å². The van der Waals surface area contributed by atoms with E-state index in [9.17, 15) is 14.3 Å². The van der Waals surface area contributed by atoms with Gasteiger partial charge in [0, 0.05) is 17.4 Å². The lowest BCUT2D eigenvalue weighted by molar-refractivity contribution is -0.160. The summed E-state index contributed by atoms with van der Waals surface area (Å²) in [5.41, 5.74) is 1.68. The fourth-order valence-corrected chi connectivity index (χ4v) is 4.96. The summed E-state index contributed by atoms with van der Waals surface area (Å²) in [6.07, 6.45) is 3.64. The minimum Gasteiger partial charge on any atom is -0.487 e. The third-order valence-electron chi connectivity index (χ3n) is 6.61. The van der Waals surface area contributed by atoms with Crippen molar-refractivity contribution in [3.8, 4) is 5.75 Å². The maximum Gasteiger partial charge on any atom is 0.335 e. The number of rotatable bonds is 5. The summed E-state index contributed by atoms with van der Waals surface area (Å²) in [5.74, 6) is -0.301. The van der Waals surface area contributed by atoms with Gasteiger partial charge in [-0.05, 0) is 62.6 Å². The Morgan fingerprint density at radius 1 is 1.20 bits per heavy atom. The van der Waals surface area contributed by atoms with E-state index in [-0.39, 0.29) is 35.4 Å². The monoisotopic (exact) mass is 412 g/mol. The van der Waals surface area contributed by atoms with Gasteiger partial charge in [0.2, 0.25) is 0 Å². The standard InChI is InChI=1S/C25H29FO4/c1-4-5-6-21-18(15-7-10-17(26)11-8-15)14-20-23(29-21)19-13-16(24(27)28)9-12-22(19)30-25(20,2)3/h7-13,18,20-21,23H,4-6,14H2,1-3H3,(H,27,28)/t18-,20+,21+,23-/m1/s1. The predicted octanol–water partition coefficient (Wildman–Crippen LogP) is 6.12. The number of hydrogen-bond acceptors (Lipinski definition) is 3. The van der Waals surface area contributed by atoms with Gasteiger partial charge in [-0.2, -0.15) is 0 Å². The van der Waals surface area contributed by atoms with Gasteiger partial charge in [-0.15, -0.1) is 0 Å². The molecule has 2 aliphatic rings. The smallest absolute Gasteiger partial charge is 0.335 e. The van der Waals surface area contributed by atoms with Gasteiger partial charge in [0.1, 0.15) is 17.2 Å². The van der Waals surface area contributed by atoms with Gasteiger partial charge >= 0.3 is 5.97 Å². The second-order valence-corrected chi connectivity index (χ2v) is 9.00. The normalized spacial score (nSPS) is 26.9. The van der Waals surface area contributed by atoms with Gasteiger partial charge < -0.3 is 14.6 Å². The summed E-state index contributed by atoms with van der Waals surface area (Å²) >= 11 is 0. The van der Waals surface area contributed by atoms with Gasteiger partial charge in [0.05, 0.1) is 17.8 Å². The number of hydrogen-bond donors (Lipinski definition) is 1. The number of unbranched alkanes of at least 4 members (excludes halogenated alkanes) is 1. The summed E-state index contributed by atoms with van der Waals surface area (Å²) in [6, 6.07) is 11.7. The minimum absolute atomic E-state index is 0.00750. The molecule has 0 unspecified atom stereocenters. The fourth-order valence-electron chi connectivity index (χ4n) is 4.96. The maximum atomic E-state index is 13.5. The number of carboxylic acids is 1. The third kappa shape index (κ3) is 3.83.